The molecule has 4 rings (SSSR count). The Kier molecular flexibility index (Phi) is 6.41. The molecule has 156 valence electrons. The van der Waals surface area contributed by atoms with E-state index in [-0.39, 0.29) is 18.4 Å². The van der Waals surface area contributed by atoms with Crippen molar-refractivity contribution < 1.29 is 14.3 Å². The molecular formula is C21H22N4O3S2. The van der Waals surface area contributed by atoms with Gasteiger partial charge in [-0.3, -0.25) is 9.59 Å². The van der Waals surface area contributed by atoms with E-state index < -0.39 is 0 Å². The molecule has 30 heavy (non-hydrogen) atoms. The fraction of sp³-hybridized carbons (Fsp3) is 0.286. The number of carbonyl (C=O) groups is 2. The lowest BCUT2D eigenvalue weighted by Crippen LogP contribution is -2.36. The van der Waals surface area contributed by atoms with Crippen LogP contribution >= 0.6 is 22.7 Å². The molecule has 1 aromatic carbocycles. The molecule has 3 aromatic rings. The minimum Gasteiger partial charge on any atom is -0.378 e. The molecular weight excluding hydrogens is 420 g/mol. The SMILES string of the molecule is CN(CC(=O)Nc1ccc(N2CCOCC2)cc1)C(=O)c1csc(-c2cccs2)n1. The van der Waals surface area contributed by atoms with E-state index in [0.717, 1.165) is 41.9 Å². The van der Waals surface area contributed by atoms with Crippen LogP contribution in [0.1, 0.15) is 10.5 Å². The fourth-order valence-corrected chi connectivity index (χ4v) is 4.75. The molecule has 9 heteroatoms. The summed E-state index contributed by atoms with van der Waals surface area (Å²) in [5.74, 6) is -0.523. The number of benzene rings is 1. The second-order valence-corrected chi connectivity index (χ2v) is 8.68. The van der Waals surface area contributed by atoms with Crippen LogP contribution in [0.5, 0.6) is 0 Å². The number of nitrogens with one attached hydrogen (secondary N) is 1. The van der Waals surface area contributed by atoms with Crippen LogP contribution < -0.4 is 10.2 Å². The quantitative estimate of drug-likeness (QED) is 0.633. The molecule has 1 fully saturated rings. The van der Waals surface area contributed by atoms with Crippen molar-refractivity contribution in [2.24, 2.45) is 0 Å². The summed E-state index contributed by atoms with van der Waals surface area (Å²) in [5, 5.41) is 7.36. The number of likely N-dealkylation sites (N-methyl/N-ethyl adjacent to an activating group) is 1. The number of rotatable bonds is 6. The fourth-order valence-electron chi connectivity index (χ4n) is 3.15. The number of morpholine rings is 1. The van der Waals surface area contributed by atoms with E-state index in [1.54, 1.807) is 23.8 Å². The van der Waals surface area contributed by atoms with Crippen molar-refractivity contribution >= 4 is 45.9 Å². The highest BCUT2D eigenvalue weighted by molar-refractivity contribution is 7.20. The lowest BCUT2D eigenvalue weighted by Gasteiger charge is -2.28. The third-order valence-electron chi connectivity index (χ3n) is 4.71. The molecule has 0 radical (unpaired) electrons. The van der Waals surface area contributed by atoms with Crippen molar-refractivity contribution in [1.82, 2.24) is 9.88 Å². The minimum atomic E-state index is -0.271. The summed E-state index contributed by atoms with van der Waals surface area (Å²) in [6.07, 6.45) is 0. The first-order valence-corrected chi connectivity index (χ1v) is 11.3. The van der Waals surface area contributed by atoms with Gasteiger partial charge in [0.05, 0.1) is 24.6 Å². The summed E-state index contributed by atoms with van der Waals surface area (Å²) < 4.78 is 5.37. The molecule has 1 N–H and O–H groups in total. The first kappa shape index (κ1) is 20.5. The zero-order valence-corrected chi connectivity index (χ0v) is 18.2. The van der Waals surface area contributed by atoms with Gasteiger partial charge in [0.2, 0.25) is 5.91 Å². The number of amides is 2. The predicted molar refractivity (Wildman–Crippen MR) is 120 cm³/mol. The summed E-state index contributed by atoms with van der Waals surface area (Å²) in [6, 6.07) is 11.6. The Labute approximate surface area is 182 Å². The van der Waals surface area contributed by atoms with E-state index in [0.29, 0.717) is 11.4 Å². The van der Waals surface area contributed by atoms with Crippen LogP contribution in [0.3, 0.4) is 0 Å². The normalized spacial score (nSPS) is 13.8. The highest BCUT2D eigenvalue weighted by Gasteiger charge is 2.19. The number of hydrogen-bond donors (Lipinski definition) is 1. The van der Waals surface area contributed by atoms with Gasteiger partial charge in [0.1, 0.15) is 10.7 Å². The third-order valence-corrected chi connectivity index (χ3v) is 6.59. The highest BCUT2D eigenvalue weighted by atomic mass is 32.1. The first-order valence-electron chi connectivity index (χ1n) is 9.57. The average molecular weight is 443 g/mol. The van der Waals surface area contributed by atoms with E-state index >= 15 is 0 Å². The summed E-state index contributed by atoms with van der Waals surface area (Å²) in [7, 11) is 1.60. The van der Waals surface area contributed by atoms with Crippen LogP contribution in [0.2, 0.25) is 0 Å². The molecule has 0 atom stereocenters. The maximum absolute atomic E-state index is 12.6. The Morgan fingerprint density at radius 3 is 2.63 bits per heavy atom. The number of anilines is 2. The Hall–Kier alpha value is -2.75. The summed E-state index contributed by atoms with van der Waals surface area (Å²) in [5.41, 5.74) is 2.16. The number of aromatic nitrogens is 1. The molecule has 3 heterocycles. The standard InChI is InChI=1S/C21H22N4O3S2/c1-24(21(27)17-14-30-20(23-17)18-3-2-12-29-18)13-19(26)22-15-4-6-16(7-5-15)25-8-10-28-11-9-25/h2-7,12,14H,8-11,13H2,1H3,(H,22,26). The van der Waals surface area contributed by atoms with Crippen molar-refractivity contribution in [3.8, 4) is 9.88 Å². The largest absolute Gasteiger partial charge is 0.378 e. The van der Waals surface area contributed by atoms with Crippen LogP contribution in [0.4, 0.5) is 11.4 Å². The average Bonchev–Trinajstić information content (AvgIpc) is 3.46. The maximum Gasteiger partial charge on any atom is 0.273 e. The molecule has 0 saturated carbocycles. The van der Waals surface area contributed by atoms with E-state index in [1.165, 1.54) is 16.2 Å². The second-order valence-electron chi connectivity index (χ2n) is 6.87. The van der Waals surface area contributed by atoms with Crippen LogP contribution in [0, 0.1) is 0 Å². The van der Waals surface area contributed by atoms with Gasteiger partial charge in [-0.2, -0.15) is 0 Å². The second kappa shape index (κ2) is 9.38. The van der Waals surface area contributed by atoms with Gasteiger partial charge < -0.3 is 19.9 Å². The van der Waals surface area contributed by atoms with Gasteiger partial charge in [0, 0.05) is 36.9 Å². The molecule has 0 spiro atoms. The lowest BCUT2D eigenvalue weighted by atomic mass is 10.2. The number of thiazole rings is 1. The number of hydrogen-bond acceptors (Lipinski definition) is 7. The van der Waals surface area contributed by atoms with Crippen LogP contribution in [0.25, 0.3) is 9.88 Å². The van der Waals surface area contributed by atoms with Gasteiger partial charge in [-0.05, 0) is 35.7 Å². The molecule has 1 aliphatic rings. The highest BCUT2D eigenvalue weighted by Crippen LogP contribution is 2.28. The van der Waals surface area contributed by atoms with E-state index in [9.17, 15) is 9.59 Å². The van der Waals surface area contributed by atoms with Gasteiger partial charge in [0.15, 0.2) is 0 Å². The minimum absolute atomic E-state index is 0.0457. The van der Waals surface area contributed by atoms with Gasteiger partial charge >= 0.3 is 0 Å². The molecule has 7 nitrogen and oxygen atoms in total. The smallest absolute Gasteiger partial charge is 0.273 e. The van der Waals surface area contributed by atoms with Gasteiger partial charge in [0.25, 0.3) is 5.91 Å². The van der Waals surface area contributed by atoms with Gasteiger partial charge in [-0.1, -0.05) is 6.07 Å². The number of carbonyl (C=O) groups excluding carboxylic acids is 2. The van der Waals surface area contributed by atoms with Crippen LogP contribution in [0.15, 0.2) is 47.2 Å². The van der Waals surface area contributed by atoms with Crippen molar-refractivity contribution in [3.05, 3.63) is 52.9 Å². The summed E-state index contributed by atoms with van der Waals surface area (Å²) in [4.78, 5) is 34.1. The summed E-state index contributed by atoms with van der Waals surface area (Å²) in [6.45, 7) is 3.14. The third kappa shape index (κ3) is 4.86. The van der Waals surface area contributed by atoms with Gasteiger partial charge in [-0.25, -0.2) is 4.98 Å². The van der Waals surface area contributed by atoms with E-state index in [1.807, 2.05) is 41.8 Å². The monoisotopic (exact) mass is 442 g/mol. The zero-order valence-electron chi connectivity index (χ0n) is 16.5. The van der Waals surface area contributed by atoms with Crippen molar-refractivity contribution in [2.75, 3.05) is 50.1 Å². The van der Waals surface area contributed by atoms with Crippen molar-refractivity contribution in [3.63, 3.8) is 0 Å². The number of thiophene rings is 1. The Balaban J connectivity index is 1.31. The van der Waals surface area contributed by atoms with Crippen molar-refractivity contribution in [2.45, 2.75) is 0 Å². The summed E-state index contributed by atoms with van der Waals surface area (Å²) >= 11 is 3.01. The number of ether oxygens (including phenoxy) is 1. The Bertz CT molecular complexity index is 996. The number of nitrogens with zero attached hydrogens (tertiary/aromatic N) is 3. The van der Waals surface area contributed by atoms with Crippen molar-refractivity contribution in [1.29, 1.82) is 0 Å². The van der Waals surface area contributed by atoms with E-state index in [4.69, 9.17) is 4.74 Å². The predicted octanol–water partition coefficient (Wildman–Crippen LogP) is 3.42. The van der Waals surface area contributed by atoms with Crippen LogP contribution in [-0.4, -0.2) is 61.6 Å². The molecule has 0 aliphatic carbocycles. The molecule has 1 aliphatic heterocycles. The molecule has 0 unspecified atom stereocenters. The molecule has 2 aromatic heterocycles. The maximum atomic E-state index is 12.6. The molecule has 0 bridgehead atoms. The van der Waals surface area contributed by atoms with Crippen LogP contribution in [-0.2, 0) is 9.53 Å². The molecule has 2 amide bonds. The Morgan fingerprint density at radius 1 is 1.17 bits per heavy atom. The van der Waals surface area contributed by atoms with Gasteiger partial charge in [-0.15, -0.1) is 22.7 Å². The lowest BCUT2D eigenvalue weighted by molar-refractivity contribution is -0.116. The van der Waals surface area contributed by atoms with E-state index in [2.05, 4.69) is 15.2 Å². The first-order chi connectivity index (χ1) is 14.6. The zero-order chi connectivity index (χ0) is 20.9. The topological polar surface area (TPSA) is 74.8 Å². The molecule has 1 saturated heterocycles. The Morgan fingerprint density at radius 2 is 1.93 bits per heavy atom.